The molecular formula is C15H14FN3O3S. The number of benzene rings is 1. The maximum Gasteiger partial charge on any atom is 0.257 e. The number of hydrogen-bond acceptors (Lipinski definition) is 5. The smallest absolute Gasteiger partial charge is 0.257 e. The number of nitrogens with zero attached hydrogens (tertiary/aromatic N) is 2. The van der Waals surface area contributed by atoms with Crippen molar-refractivity contribution in [1.82, 2.24) is 9.88 Å². The van der Waals surface area contributed by atoms with Gasteiger partial charge in [0.1, 0.15) is 12.4 Å². The minimum Gasteiger partial charge on any atom is -0.356 e. The molecule has 2 aromatic rings. The Hall–Kier alpha value is -2.32. The van der Waals surface area contributed by atoms with Crippen molar-refractivity contribution in [3.63, 3.8) is 0 Å². The average molecular weight is 335 g/mol. The molecule has 1 saturated heterocycles. The van der Waals surface area contributed by atoms with Crippen LogP contribution in [0.3, 0.4) is 0 Å². The van der Waals surface area contributed by atoms with Gasteiger partial charge in [-0.2, -0.15) is 0 Å². The molecule has 2 amide bonds. The molecule has 0 bridgehead atoms. The van der Waals surface area contributed by atoms with Gasteiger partial charge in [0.2, 0.25) is 5.91 Å². The van der Waals surface area contributed by atoms with Gasteiger partial charge in [-0.1, -0.05) is 12.1 Å². The highest BCUT2D eigenvalue weighted by atomic mass is 32.1. The van der Waals surface area contributed by atoms with E-state index >= 15 is 0 Å². The summed E-state index contributed by atoms with van der Waals surface area (Å²) in [6, 6.07) is 5.04. The zero-order chi connectivity index (χ0) is 16.4. The molecule has 1 aliphatic rings. The van der Waals surface area contributed by atoms with Gasteiger partial charge in [0, 0.05) is 18.6 Å². The summed E-state index contributed by atoms with van der Waals surface area (Å²) in [5.41, 5.74) is 0.626. The van der Waals surface area contributed by atoms with Gasteiger partial charge in [-0.3, -0.25) is 14.9 Å². The third kappa shape index (κ3) is 3.22. The zero-order valence-corrected chi connectivity index (χ0v) is 13.0. The molecule has 1 aliphatic heterocycles. The predicted molar refractivity (Wildman–Crippen MR) is 82.4 cm³/mol. The first kappa shape index (κ1) is 15.6. The van der Waals surface area contributed by atoms with Crippen LogP contribution >= 0.6 is 11.3 Å². The highest BCUT2D eigenvalue weighted by Gasteiger charge is 2.40. The van der Waals surface area contributed by atoms with E-state index in [4.69, 9.17) is 4.74 Å². The van der Waals surface area contributed by atoms with Crippen molar-refractivity contribution in [1.29, 1.82) is 0 Å². The van der Waals surface area contributed by atoms with E-state index in [1.54, 1.807) is 30.8 Å². The van der Waals surface area contributed by atoms with Crippen molar-refractivity contribution >= 4 is 28.3 Å². The molecule has 0 spiro atoms. The molecular weight excluding hydrogens is 321 g/mol. The zero-order valence-electron chi connectivity index (χ0n) is 12.2. The standard InChI is InChI=1S/C15H14FN3O3S/c1-19-11(20)8-22-13(14(21)18-15-17-6-7-23-15)12(19)9-2-4-10(16)5-3-9/h2-7,12-13H,8H2,1H3,(H,17,18,21)/t12-,13-/m1/s1. The summed E-state index contributed by atoms with van der Waals surface area (Å²) in [5.74, 6) is -1.02. The SMILES string of the molecule is CN1C(=O)CO[C@@H](C(=O)Nc2nccs2)[C@H]1c1ccc(F)cc1. The summed E-state index contributed by atoms with van der Waals surface area (Å²) in [6.07, 6.45) is 0.682. The topological polar surface area (TPSA) is 71.5 Å². The van der Waals surface area contributed by atoms with Gasteiger partial charge in [-0.15, -0.1) is 11.3 Å². The van der Waals surface area contributed by atoms with E-state index < -0.39 is 18.1 Å². The second-order valence-corrected chi connectivity index (χ2v) is 5.95. The first-order valence-corrected chi connectivity index (χ1v) is 7.77. The fourth-order valence-electron chi connectivity index (χ4n) is 2.45. The number of aromatic nitrogens is 1. The van der Waals surface area contributed by atoms with Crippen molar-refractivity contribution < 1.29 is 18.7 Å². The lowest BCUT2D eigenvalue weighted by Gasteiger charge is -2.38. The number of morpholine rings is 1. The molecule has 3 rings (SSSR count). The third-order valence-electron chi connectivity index (χ3n) is 3.62. The van der Waals surface area contributed by atoms with E-state index in [0.717, 1.165) is 0 Å². The Balaban J connectivity index is 1.88. The number of anilines is 1. The quantitative estimate of drug-likeness (QED) is 0.929. The number of carbonyl (C=O) groups is 2. The van der Waals surface area contributed by atoms with Gasteiger partial charge in [0.05, 0.1) is 6.04 Å². The van der Waals surface area contributed by atoms with Gasteiger partial charge in [-0.05, 0) is 17.7 Å². The van der Waals surface area contributed by atoms with E-state index in [1.165, 1.54) is 28.4 Å². The molecule has 1 fully saturated rings. The number of halogens is 1. The summed E-state index contributed by atoms with van der Waals surface area (Å²) >= 11 is 1.29. The Morgan fingerprint density at radius 1 is 1.43 bits per heavy atom. The maximum atomic E-state index is 13.1. The molecule has 1 N–H and O–H groups in total. The number of hydrogen-bond donors (Lipinski definition) is 1. The third-order valence-corrected chi connectivity index (χ3v) is 4.30. The minimum atomic E-state index is -0.896. The number of amides is 2. The Kier molecular flexibility index (Phi) is 4.35. The van der Waals surface area contributed by atoms with Crippen molar-refractivity contribution in [2.75, 3.05) is 19.0 Å². The monoisotopic (exact) mass is 335 g/mol. The normalized spacial score (nSPS) is 21.3. The maximum absolute atomic E-state index is 13.1. The van der Waals surface area contributed by atoms with E-state index in [2.05, 4.69) is 10.3 Å². The molecule has 1 aromatic heterocycles. The van der Waals surface area contributed by atoms with Crippen LogP contribution in [0.4, 0.5) is 9.52 Å². The first-order valence-electron chi connectivity index (χ1n) is 6.89. The van der Waals surface area contributed by atoms with Crippen LogP contribution in [0.15, 0.2) is 35.8 Å². The number of rotatable bonds is 3. The number of nitrogens with one attached hydrogen (secondary N) is 1. The summed E-state index contributed by atoms with van der Waals surface area (Å²) in [5, 5.41) is 4.86. The number of thiazole rings is 1. The van der Waals surface area contributed by atoms with Gasteiger partial charge < -0.3 is 9.64 Å². The number of likely N-dealkylation sites (N-methyl/N-ethyl adjacent to an activating group) is 1. The van der Waals surface area contributed by atoms with E-state index in [1.807, 2.05) is 0 Å². The Bertz CT molecular complexity index is 705. The molecule has 2 atom stereocenters. The Labute approximate surface area is 135 Å². The van der Waals surface area contributed by atoms with Crippen molar-refractivity contribution in [3.05, 3.63) is 47.2 Å². The largest absolute Gasteiger partial charge is 0.356 e. The van der Waals surface area contributed by atoms with Crippen LogP contribution in [0.25, 0.3) is 0 Å². The molecule has 23 heavy (non-hydrogen) atoms. The number of ether oxygens (including phenoxy) is 1. The van der Waals surface area contributed by atoms with Crippen molar-refractivity contribution in [2.45, 2.75) is 12.1 Å². The van der Waals surface area contributed by atoms with Crippen LogP contribution < -0.4 is 5.32 Å². The van der Waals surface area contributed by atoms with Crippen LogP contribution in [0.2, 0.25) is 0 Å². The van der Waals surface area contributed by atoms with Gasteiger partial charge in [0.25, 0.3) is 5.91 Å². The average Bonchev–Trinajstić information content (AvgIpc) is 3.04. The van der Waals surface area contributed by atoms with Gasteiger partial charge in [-0.25, -0.2) is 9.37 Å². The molecule has 8 heteroatoms. The number of carbonyl (C=O) groups excluding carboxylic acids is 2. The summed E-state index contributed by atoms with van der Waals surface area (Å²) < 4.78 is 18.6. The molecule has 120 valence electrons. The highest BCUT2D eigenvalue weighted by Crippen LogP contribution is 2.30. The first-order chi connectivity index (χ1) is 11.1. The molecule has 0 radical (unpaired) electrons. The highest BCUT2D eigenvalue weighted by molar-refractivity contribution is 7.13. The molecule has 0 aliphatic carbocycles. The summed E-state index contributed by atoms with van der Waals surface area (Å²) in [4.78, 5) is 29.8. The van der Waals surface area contributed by atoms with Crippen LogP contribution in [0, 0.1) is 5.82 Å². The van der Waals surface area contributed by atoms with Crippen molar-refractivity contribution in [2.24, 2.45) is 0 Å². The fourth-order valence-corrected chi connectivity index (χ4v) is 2.98. The van der Waals surface area contributed by atoms with E-state index in [9.17, 15) is 14.0 Å². The summed E-state index contributed by atoms with van der Waals surface area (Å²) in [6.45, 7) is -0.176. The predicted octanol–water partition coefficient (Wildman–Crippen LogP) is 1.82. The minimum absolute atomic E-state index is 0.176. The fraction of sp³-hybridized carbons (Fsp3) is 0.267. The second kappa shape index (κ2) is 6.43. The van der Waals surface area contributed by atoms with Gasteiger partial charge in [0.15, 0.2) is 11.2 Å². The second-order valence-electron chi connectivity index (χ2n) is 5.06. The Morgan fingerprint density at radius 3 is 2.83 bits per heavy atom. The summed E-state index contributed by atoms with van der Waals surface area (Å²) in [7, 11) is 1.60. The van der Waals surface area contributed by atoms with E-state index in [-0.39, 0.29) is 18.3 Å². The molecule has 0 saturated carbocycles. The van der Waals surface area contributed by atoms with E-state index in [0.29, 0.717) is 10.7 Å². The van der Waals surface area contributed by atoms with Crippen LogP contribution in [0.1, 0.15) is 11.6 Å². The molecule has 2 heterocycles. The van der Waals surface area contributed by atoms with Crippen molar-refractivity contribution in [3.8, 4) is 0 Å². The van der Waals surface area contributed by atoms with Crippen LogP contribution in [-0.4, -0.2) is 41.5 Å². The van der Waals surface area contributed by atoms with Gasteiger partial charge >= 0.3 is 0 Å². The molecule has 1 aromatic carbocycles. The Morgan fingerprint density at radius 2 is 2.17 bits per heavy atom. The molecule has 6 nitrogen and oxygen atoms in total. The van der Waals surface area contributed by atoms with Crippen LogP contribution in [0.5, 0.6) is 0 Å². The lowest BCUT2D eigenvalue weighted by molar-refractivity contribution is -0.160. The lowest BCUT2D eigenvalue weighted by Crippen LogP contribution is -2.51. The van der Waals surface area contributed by atoms with Crippen LogP contribution in [-0.2, 0) is 14.3 Å². The molecule has 0 unspecified atom stereocenters. The lowest BCUT2D eigenvalue weighted by atomic mass is 9.97.